The first-order valence-electron chi connectivity index (χ1n) is 18.1. The van der Waals surface area contributed by atoms with Gasteiger partial charge in [-0.25, -0.2) is 9.97 Å². The van der Waals surface area contributed by atoms with E-state index in [0.29, 0.717) is 11.9 Å². The van der Waals surface area contributed by atoms with Gasteiger partial charge in [-0.1, -0.05) is 126 Å². The zero-order valence-electron chi connectivity index (χ0n) is 29.7. The number of benzene rings is 5. The van der Waals surface area contributed by atoms with E-state index < -0.39 is 0 Å². The van der Waals surface area contributed by atoms with Crippen LogP contribution in [0.2, 0.25) is 0 Å². The van der Waals surface area contributed by atoms with Crippen molar-refractivity contribution in [3.05, 3.63) is 155 Å². The van der Waals surface area contributed by atoms with Crippen LogP contribution in [0.1, 0.15) is 69.2 Å². The molecule has 0 spiro atoms. The van der Waals surface area contributed by atoms with Gasteiger partial charge in [0.2, 0.25) is 5.95 Å². The Hall–Kier alpha value is -5.32. The van der Waals surface area contributed by atoms with Crippen LogP contribution in [0.15, 0.2) is 133 Å². The van der Waals surface area contributed by atoms with Crippen molar-refractivity contribution in [2.75, 3.05) is 0 Å². The minimum Gasteiger partial charge on any atom is -0.278 e. The normalized spacial score (nSPS) is 18.1. The molecule has 3 aromatic heterocycles. The van der Waals surface area contributed by atoms with Crippen LogP contribution in [-0.2, 0) is 10.8 Å². The van der Waals surface area contributed by atoms with E-state index in [1.54, 1.807) is 0 Å². The second-order valence-corrected chi connectivity index (χ2v) is 16.5. The van der Waals surface area contributed by atoms with Crippen molar-refractivity contribution in [1.29, 1.82) is 0 Å². The Bertz CT molecular complexity index is 2810. The lowest BCUT2D eigenvalue weighted by molar-refractivity contribution is 0.513. The second-order valence-electron chi connectivity index (χ2n) is 15.4. The van der Waals surface area contributed by atoms with Crippen molar-refractivity contribution in [3.8, 4) is 17.2 Å². The fourth-order valence-corrected chi connectivity index (χ4v) is 10.4. The fourth-order valence-electron chi connectivity index (χ4n) is 9.13. The Labute approximate surface area is 302 Å². The smallest absolute Gasteiger partial charge is 0.235 e. The molecule has 2 aliphatic carbocycles. The van der Waals surface area contributed by atoms with Crippen molar-refractivity contribution in [1.82, 2.24) is 14.5 Å². The Morgan fingerprint density at radius 2 is 1.51 bits per heavy atom. The van der Waals surface area contributed by atoms with E-state index in [4.69, 9.17) is 9.97 Å². The number of aromatic nitrogens is 3. The summed E-state index contributed by atoms with van der Waals surface area (Å²) < 4.78 is 4.91. The minimum atomic E-state index is -0.0107. The first-order chi connectivity index (χ1) is 24.7. The van der Waals surface area contributed by atoms with E-state index in [0.717, 1.165) is 28.7 Å². The van der Waals surface area contributed by atoms with E-state index in [1.807, 2.05) is 23.6 Å². The molecule has 0 N–H and O–H groups in total. The van der Waals surface area contributed by atoms with Crippen molar-refractivity contribution >= 4 is 58.9 Å². The Kier molecular flexibility index (Phi) is 6.48. The fraction of sp³-hybridized carbons (Fsp3) is 0.191. The molecule has 0 bridgehead atoms. The van der Waals surface area contributed by atoms with Crippen LogP contribution in [-0.4, -0.2) is 14.5 Å². The van der Waals surface area contributed by atoms with E-state index in [2.05, 4.69) is 154 Å². The molecule has 10 rings (SSSR count). The van der Waals surface area contributed by atoms with E-state index in [-0.39, 0.29) is 10.8 Å². The predicted molar refractivity (Wildman–Crippen MR) is 216 cm³/mol. The van der Waals surface area contributed by atoms with Gasteiger partial charge < -0.3 is 0 Å². The summed E-state index contributed by atoms with van der Waals surface area (Å²) in [6.07, 6.45) is 7.81. The van der Waals surface area contributed by atoms with Crippen LogP contribution in [0.5, 0.6) is 0 Å². The zero-order valence-corrected chi connectivity index (χ0v) is 30.5. The average molecular weight is 678 g/mol. The second kappa shape index (κ2) is 10.8. The topological polar surface area (TPSA) is 30.7 Å². The maximum Gasteiger partial charge on any atom is 0.235 e. The van der Waals surface area contributed by atoms with Gasteiger partial charge in [0, 0.05) is 53.5 Å². The average Bonchev–Trinajstić information content (AvgIpc) is 3.75. The monoisotopic (exact) mass is 677 g/mol. The Morgan fingerprint density at radius 3 is 2.37 bits per heavy atom. The summed E-state index contributed by atoms with van der Waals surface area (Å²) in [5.74, 6) is 1.10. The summed E-state index contributed by atoms with van der Waals surface area (Å²) in [4.78, 5) is 10.2. The SMILES string of the molecule is CC(C)c1ccc2c3c4sc5ccccc5c4ccc3n(-c3nccc(-c4cccc(C5=CCC6(C)C(=C5)C(C)(C)c5ccccc56)c4)n3)c2c1. The first kappa shape index (κ1) is 30.5. The molecule has 0 aliphatic heterocycles. The molecule has 248 valence electrons. The van der Waals surface area contributed by atoms with E-state index in [9.17, 15) is 0 Å². The summed E-state index contributed by atoms with van der Waals surface area (Å²) in [5.41, 5.74) is 12.6. The highest BCUT2D eigenvalue weighted by Crippen LogP contribution is 2.57. The molecule has 3 nitrogen and oxygen atoms in total. The maximum atomic E-state index is 5.30. The minimum absolute atomic E-state index is 0.0107. The lowest BCUT2D eigenvalue weighted by Gasteiger charge is -2.35. The van der Waals surface area contributed by atoms with Gasteiger partial charge in [0.25, 0.3) is 0 Å². The molecule has 0 saturated carbocycles. The van der Waals surface area contributed by atoms with Gasteiger partial charge in [0.05, 0.1) is 16.7 Å². The van der Waals surface area contributed by atoms with Crippen LogP contribution in [0, 0.1) is 0 Å². The summed E-state index contributed by atoms with van der Waals surface area (Å²) in [6.45, 7) is 11.7. The molecule has 3 heterocycles. The van der Waals surface area contributed by atoms with Crippen molar-refractivity contribution < 1.29 is 0 Å². The first-order valence-corrected chi connectivity index (χ1v) is 18.9. The van der Waals surface area contributed by atoms with Gasteiger partial charge in [-0.15, -0.1) is 11.3 Å². The molecule has 51 heavy (non-hydrogen) atoms. The van der Waals surface area contributed by atoms with Gasteiger partial charge in [-0.2, -0.15) is 0 Å². The predicted octanol–water partition coefficient (Wildman–Crippen LogP) is 12.7. The summed E-state index contributed by atoms with van der Waals surface area (Å²) in [6, 6.07) is 40.2. The molecular weight excluding hydrogens is 639 g/mol. The highest BCUT2D eigenvalue weighted by Gasteiger charge is 2.49. The van der Waals surface area contributed by atoms with Gasteiger partial charge in [-0.05, 0) is 76.1 Å². The Balaban J connectivity index is 1.11. The number of rotatable bonds is 4. The molecular formula is C47H39N3S. The van der Waals surface area contributed by atoms with Crippen LogP contribution in [0.4, 0.5) is 0 Å². The lowest BCUT2D eigenvalue weighted by Crippen LogP contribution is -2.28. The highest BCUT2D eigenvalue weighted by molar-refractivity contribution is 7.26. The van der Waals surface area contributed by atoms with Gasteiger partial charge in [0.1, 0.15) is 0 Å². The third-order valence-electron chi connectivity index (χ3n) is 11.8. The van der Waals surface area contributed by atoms with Gasteiger partial charge in [-0.3, -0.25) is 4.57 Å². The summed E-state index contributed by atoms with van der Waals surface area (Å²) in [7, 11) is 0. The van der Waals surface area contributed by atoms with Crippen LogP contribution in [0.25, 0.3) is 64.8 Å². The van der Waals surface area contributed by atoms with E-state index in [1.165, 1.54) is 64.3 Å². The van der Waals surface area contributed by atoms with Crippen molar-refractivity contribution in [2.24, 2.45) is 0 Å². The Morgan fingerprint density at radius 1 is 0.725 bits per heavy atom. The van der Waals surface area contributed by atoms with Gasteiger partial charge >= 0.3 is 0 Å². The van der Waals surface area contributed by atoms with Crippen LogP contribution in [0.3, 0.4) is 0 Å². The lowest BCUT2D eigenvalue weighted by atomic mass is 9.69. The number of allylic oxidation sites excluding steroid dienone is 4. The third kappa shape index (κ3) is 4.36. The van der Waals surface area contributed by atoms with Crippen molar-refractivity contribution in [2.45, 2.75) is 57.8 Å². The molecule has 0 radical (unpaired) electrons. The van der Waals surface area contributed by atoms with Crippen LogP contribution < -0.4 is 0 Å². The largest absolute Gasteiger partial charge is 0.278 e. The summed E-state index contributed by atoms with van der Waals surface area (Å²) in [5, 5.41) is 5.13. The quantitative estimate of drug-likeness (QED) is 0.186. The molecule has 1 unspecified atom stereocenters. The number of nitrogens with zero attached hydrogens (tertiary/aromatic N) is 3. The molecule has 5 aromatic carbocycles. The van der Waals surface area contributed by atoms with Gasteiger partial charge in [0.15, 0.2) is 0 Å². The van der Waals surface area contributed by atoms with Crippen molar-refractivity contribution in [3.63, 3.8) is 0 Å². The molecule has 1 atom stereocenters. The summed E-state index contributed by atoms with van der Waals surface area (Å²) >= 11 is 1.88. The number of hydrogen-bond donors (Lipinski definition) is 0. The third-order valence-corrected chi connectivity index (χ3v) is 13.0. The molecule has 4 heteroatoms. The molecule has 0 amide bonds. The standard InChI is InChI=1S/C47H39N3S/c1-28(2)29-17-18-35-40(26-29)50(39-20-19-34-33-13-6-9-16-41(33)51-44(34)43(35)39)45-48-24-22-38(49-45)32-12-10-11-30(25-32)31-21-23-47(5)37-15-8-7-14-36(37)46(3,4)42(47)27-31/h6-22,24-28H,23H2,1-5H3. The number of fused-ring (bicyclic) bond motifs is 10. The maximum absolute atomic E-state index is 5.30. The molecule has 0 fully saturated rings. The number of hydrogen-bond acceptors (Lipinski definition) is 3. The van der Waals surface area contributed by atoms with Crippen LogP contribution >= 0.6 is 11.3 Å². The molecule has 2 aliphatic rings. The number of thiophene rings is 1. The molecule has 0 saturated heterocycles. The van der Waals surface area contributed by atoms with E-state index >= 15 is 0 Å². The highest BCUT2D eigenvalue weighted by atomic mass is 32.1. The zero-order chi connectivity index (χ0) is 34.6. The molecule has 8 aromatic rings.